The van der Waals surface area contributed by atoms with Gasteiger partial charge in [-0.25, -0.2) is 9.78 Å². The number of benzene rings is 1. The van der Waals surface area contributed by atoms with Gasteiger partial charge in [-0.3, -0.25) is 9.88 Å². The number of allylic oxidation sites excluding steroid dienone is 4. The summed E-state index contributed by atoms with van der Waals surface area (Å²) in [5.41, 5.74) is 13.9. The molecule has 1 aromatic carbocycles. The third-order valence-electron chi connectivity index (χ3n) is 11.0. The summed E-state index contributed by atoms with van der Waals surface area (Å²) in [5.74, 6) is 0.319. The van der Waals surface area contributed by atoms with E-state index in [4.69, 9.17) is 24.7 Å². The molecule has 378 valence electrons. The zero-order valence-electron chi connectivity index (χ0n) is 44.3. The molecule has 3 heterocycles. The molecular formula is C53H89CrN9O4-2. The molecule has 13 nitrogen and oxygen atoms in total. The van der Waals surface area contributed by atoms with Gasteiger partial charge in [-0.15, -0.1) is 6.54 Å². The van der Waals surface area contributed by atoms with Crippen molar-refractivity contribution in [1.82, 2.24) is 29.7 Å². The van der Waals surface area contributed by atoms with Gasteiger partial charge in [-0.1, -0.05) is 80.4 Å². The van der Waals surface area contributed by atoms with Gasteiger partial charge in [-0.2, -0.15) is 7.05 Å². The summed E-state index contributed by atoms with van der Waals surface area (Å²) in [5, 5.41) is 16.3. The Bertz CT molecular complexity index is 1980. The fraction of sp³-hybridized carbons (Fsp3) is 0.623. The van der Waals surface area contributed by atoms with Gasteiger partial charge in [0, 0.05) is 74.1 Å². The van der Waals surface area contributed by atoms with Gasteiger partial charge in [0.2, 0.25) is 0 Å². The van der Waals surface area contributed by atoms with Crippen LogP contribution in [0.1, 0.15) is 140 Å². The van der Waals surface area contributed by atoms with Gasteiger partial charge in [-0.05, 0) is 108 Å². The van der Waals surface area contributed by atoms with Crippen LogP contribution in [0.5, 0.6) is 0 Å². The van der Waals surface area contributed by atoms with Crippen molar-refractivity contribution in [3.63, 3.8) is 0 Å². The van der Waals surface area contributed by atoms with Crippen LogP contribution in [0.25, 0.3) is 33.1 Å². The molecule has 1 saturated heterocycles. The minimum atomic E-state index is -0.799. The number of hydrogen-bond acceptors (Lipinski definition) is 10. The molecule has 2 aliphatic rings. The summed E-state index contributed by atoms with van der Waals surface area (Å²) in [7, 11) is 1.83. The third kappa shape index (κ3) is 20.6. The fourth-order valence-electron chi connectivity index (χ4n) is 7.64. The van der Waals surface area contributed by atoms with Gasteiger partial charge >= 0.3 is 26.1 Å². The summed E-state index contributed by atoms with van der Waals surface area (Å²) in [6.07, 6.45) is 13.2. The number of amides is 1. The van der Waals surface area contributed by atoms with Crippen LogP contribution in [0.2, 0.25) is 0 Å². The van der Waals surface area contributed by atoms with Gasteiger partial charge in [0.1, 0.15) is 11.9 Å². The molecule has 0 radical (unpaired) electrons. The minimum absolute atomic E-state index is 0. The maximum absolute atomic E-state index is 12.4. The van der Waals surface area contributed by atoms with E-state index in [0.717, 1.165) is 87.9 Å². The van der Waals surface area contributed by atoms with Gasteiger partial charge < -0.3 is 48.2 Å². The van der Waals surface area contributed by atoms with Crippen LogP contribution in [0.4, 0.5) is 4.79 Å². The Morgan fingerprint density at radius 3 is 2.15 bits per heavy atom. The number of hydrogen-bond donors (Lipinski definition) is 3. The van der Waals surface area contributed by atoms with Crippen molar-refractivity contribution < 1.29 is 34.4 Å². The van der Waals surface area contributed by atoms with Gasteiger partial charge in [0.25, 0.3) is 0 Å². The molecule has 0 spiro atoms. The van der Waals surface area contributed by atoms with E-state index in [1.54, 1.807) is 39.4 Å². The molecule has 4 N–H and O–H groups in total. The number of unbranched alkanes of at least 4 members (excludes halogenated alkanes) is 1. The van der Waals surface area contributed by atoms with E-state index in [1.165, 1.54) is 56.9 Å². The topological polar surface area (TPSA) is 174 Å². The molecule has 3 aromatic rings. The predicted molar refractivity (Wildman–Crippen MR) is 277 cm³/mol. The van der Waals surface area contributed by atoms with Crippen molar-refractivity contribution in [2.24, 2.45) is 17.1 Å². The Kier molecular flexibility index (Phi) is 30.0. The van der Waals surface area contributed by atoms with E-state index < -0.39 is 17.7 Å². The number of aromatic nitrogens is 3. The van der Waals surface area contributed by atoms with Crippen LogP contribution in [0.15, 0.2) is 47.9 Å². The summed E-state index contributed by atoms with van der Waals surface area (Å²) < 4.78 is 15.9. The van der Waals surface area contributed by atoms with Crippen LogP contribution >= 0.6 is 0 Å². The molecule has 2 aromatic heterocycles. The first kappa shape index (κ1) is 62.9. The molecule has 2 fully saturated rings. The molecule has 1 aliphatic carbocycles. The number of aldehydes is 1. The van der Waals surface area contributed by atoms with E-state index >= 15 is 0 Å². The molecule has 14 heteroatoms. The van der Waals surface area contributed by atoms with Crippen molar-refractivity contribution in [2.75, 3.05) is 46.3 Å². The average molecular weight is 968 g/mol. The van der Waals surface area contributed by atoms with Crippen LogP contribution in [-0.4, -0.2) is 107 Å². The molecule has 1 amide bonds. The Balaban J connectivity index is 0.00000278. The predicted octanol–water partition coefficient (Wildman–Crippen LogP) is 11.2. The number of nitrogens with zero attached hydrogens (tertiary/aromatic N) is 6. The first-order valence-corrected chi connectivity index (χ1v) is 24.7. The third-order valence-corrected chi connectivity index (χ3v) is 11.0. The van der Waals surface area contributed by atoms with Crippen LogP contribution in [-0.2, 0) is 48.9 Å². The standard InChI is InChI=1S/C43H61N7O3.C5H13N2.2C2H6.CH3.Cr.O/c1-11-50-39-15-12-30(38-26-45-25-31(46-38)21-32(27-51)47-41(52)53-43(8,9)10)20-36(39)37(23-42(5,6)7)40(50)35(29(4)28(2)3)22-34(24-44)49-18-16-48(17-19-49)33-13-14-33;1-7-5-3-2-4-6;2*1-2;;;/h12,15,20,22,24-28,32-33,44H,11,13-14,16-19,21,23H2,1-10H3,(H,47,52);2-6H2,1H3;2*1-2H3;1H3;;/q;-1;;;-1;;/b34-22+,35-29?,44-24?;;;;;;. The van der Waals surface area contributed by atoms with E-state index in [9.17, 15) is 9.59 Å². The second kappa shape index (κ2) is 31.9. The first-order valence-electron chi connectivity index (χ1n) is 24.2. The van der Waals surface area contributed by atoms with Crippen LogP contribution < -0.4 is 11.1 Å². The first-order chi connectivity index (χ1) is 31.4. The molecule has 1 aliphatic heterocycles. The fourth-order valence-corrected chi connectivity index (χ4v) is 7.64. The number of ether oxygens (including phenoxy) is 1. The van der Waals surface area contributed by atoms with Crippen molar-refractivity contribution in [3.05, 3.63) is 77.6 Å². The number of piperazine rings is 1. The summed E-state index contributed by atoms with van der Waals surface area (Å²) in [6, 6.07) is 6.48. The molecule has 1 atom stereocenters. The number of rotatable bonds is 17. The number of fused-ring (bicyclic) bond motifs is 1. The van der Waals surface area contributed by atoms with Crippen LogP contribution in [0.3, 0.4) is 0 Å². The second-order valence-corrected chi connectivity index (χ2v) is 18.8. The number of aryl methyl sites for hydroxylation is 1. The van der Waals surface area contributed by atoms with Crippen molar-refractivity contribution >= 4 is 35.1 Å². The zero-order valence-corrected chi connectivity index (χ0v) is 45.6. The maximum atomic E-state index is 12.4. The average Bonchev–Trinajstić information content (AvgIpc) is 4.11. The molecular weight excluding hydrogens is 879 g/mol. The Labute approximate surface area is 414 Å². The number of carbonyl (C=O) groups excluding carboxylic acids is 2. The monoisotopic (exact) mass is 968 g/mol. The van der Waals surface area contributed by atoms with Gasteiger partial charge in [0.05, 0.1) is 35.0 Å². The van der Waals surface area contributed by atoms with Crippen molar-refractivity contribution in [3.8, 4) is 11.3 Å². The summed E-state index contributed by atoms with van der Waals surface area (Å²) in [6.45, 7) is 35.7. The molecule has 5 rings (SSSR count). The van der Waals surface area contributed by atoms with E-state index in [2.05, 4.69) is 103 Å². The summed E-state index contributed by atoms with van der Waals surface area (Å²) in [4.78, 5) is 38.7. The SMILES string of the molecule is CC.CC.CCn1c(C(/C=C(\C=N)N2CCN(C3CC3)CC2)=C(C)C(C)C)c(CC(C)(C)C)c2cc(-c3cncc(CC(C=O)NC(=O)OC(C)(C)C)n3)ccc21.C[N-]CCCCN.[CH3-].[O]=[Cr]. The molecule has 1 unspecified atom stereocenters. The second-order valence-electron chi connectivity index (χ2n) is 18.8. The Morgan fingerprint density at radius 2 is 1.66 bits per heavy atom. The van der Waals surface area contributed by atoms with Crippen LogP contribution in [0, 0.1) is 24.2 Å². The van der Waals surface area contributed by atoms with Crippen molar-refractivity contribution in [2.45, 2.75) is 160 Å². The zero-order chi connectivity index (χ0) is 50.2. The van der Waals surface area contributed by atoms with E-state index in [0.29, 0.717) is 23.6 Å². The quantitative estimate of drug-likeness (QED) is 0.0391. The number of alkyl carbamates (subject to hydrolysis) is 1. The molecule has 67 heavy (non-hydrogen) atoms. The van der Waals surface area contributed by atoms with Gasteiger partial charge in [0.15, 0.2) is 0 Å². The van der Waals surface area contributed by atoms with Crippen molar-refractivity contribution in [1.29, 1.82) is 5.41 Å². The number of nitrogens with two attached hydrogens (primary N) is 1. The van der Waals surface area contributed by atoms with E-state index in [-0.39, 0.29) is 19.3 Å². The normalized spacial score (nSPS) is 14.8. The Hall–Kier alpha value is -4.06. The van der Waals surface area contributed by atoms with E-state index in [1.807, 2.05) is 34.7 Å². The number of carbonyl (C=O) groups is 2. The summed E-state index contributed by atoms with van der Waals surface area (Å²) >= 11 is 1.38. The number of nitrogens with one attached hydrogen (secondary N) is 2. The molecule has 1 saturated carbocycles. The molecule has 0 bridgehead atoms. The Morgan fingerprint density at radius 1 is 1.03 bits per heavy atom.